The number of allylic oxidation sites excluding steroid dienone is 1. The SMILES string of the molecule is CC(=O)O[C@]1(C(C)=O)CC[C@H]2[C@@H]3CCC4=CC(=O)CC(C)[C@]4(C)[C@H]3CC[C@@]21C. The molecular weight excluding hydrogens is 352 g/mol. The molecule has 4 aliphatic rings. The van der Waals surface area contributed by atoms with Gasteiger partial charge in [-0.2, -0.15) is 0 Å². The summed E-state index contributed by atoms with van der Waals surface area (Å²) < 4.78 is 5.83. The molecule has 0 radical (unpaired) electrons. The van der Waals surface area contributed by atoms with Crippen LogP contribution >= 0.6 is 0 Å². The molecular formula is C24H34O4. The molecule has 0 N–H and O–H groups in total. The predicted octanol–water partition coefficient (Wildman–Crippen LogP) is 4.66. The highest BCUT2D eigenvalue weighted by molar-refractivity contribution is 5.92. The van der Waals surface area contributed by atoms with Crippen molar-refractivity contribution < 1.29 is 19.1 Å². The van der Waals surface area contributed by atoms with Gasteiger partial charge in [0.05, 0.1) is 0 Å². The topological polar surface area (TPSA) is 60.4 Å². The Morgan fingerprint density at radius 3 is 2.39 bits per heavy atom. The zero-order chi connectivity index (χ0) is 20.5. The summed E-state index contributed by atoms with van der Waals surface area (Å²) in [6.07, 6.45) is 8.22. The first-order valence-corrected chi connectivity index (χ1v) is 11.0. The van der Waals surface area contributed by atoms with Gasteiger partial charge in [-0.15, -0.1) is 0 Å². The molecule has 0 saturated heterocycles. The molecule has 1 unspecified atom stereocenters. The Balaban J connectivity index is 1.72. The third-order valence-electron chi connectivity index (χ3n) is 9.52. The summed E-state index contributed by atoms with van der Waals surface area (Å²) in [6.45, 7) is 9.85. The number of ether oxygens (including phenoxy) is 1. The summed E-state index contributed by atoms with van der Waals surface area (Å²) in [5, 5.41) is 0. The zero-order valence-electron chi connectivity index (χ0n) is 18.0. The van der Waals surface area contributed by atoms with E-state index in [2.05, 4.69) is 20.8 Å². The predicted molar refractivity (Wildman–Crippen MR) is 106 cm³/mol. The Bertz CT molecular complexity index is 767. The maximum absolute atomic E-state index is 12.8. The number of ketones is 2. The van der Waals surface area contributed by atoms with E-state index in [1.54, 1.807) is 6.92 Å². The van der Waals surface area contributed by atoms with Crippen LogP contribution in [-0.4, -0.2) is 23.1 Å². The third kappa shape index (κ3) is 2.39. The van der Waals surface area contributed by atoms with Crippen LogP contribution in [-0.2, 0) is 19.1 Å². The molecule has 0 amide bonds. The molecule has 4 nitrogen and oxygen atoms in total. The molecule has 4 heteroatoms. The summed E-state index contributed by atoms with van der Waals surface area (Å²) in [5.74, 6) is 1.79. The third-order valence-corrected chi connectivity index (χ3v) is 9.52. The zero-order valence-corrected chi connectivity index (χ0v) is 18.0. The number of Topliss-reactive ketones (excluding diaryl/α,β-unsaturated/α-hetero) is 1. The van der Waals surface area contributed by atoms with E-state index in [4.69, 9.17) is 4.74 Å². The Morgan fingerprint density at radius 2 is 1.75 bits per heavy atom. The Hall–Kier alpha value is -1.45. The van der Waals surface area contributed by atoms with Crippen molar-refractivity contribution in [2.75, 3.05) is 0 Å². The number of hydrogen-bond donors (Lipinski definition) is 0. The second kappa shape index (κ2) is 6.27. The minimum Gasteiger partial charge on any atom is -0.451 e. The number of esters is 1. The van der Waals surface area contributed by atoms with E-state index in [9.17, 15) is 14.4 Å². The molecule has 0 heterocycles. The van der Waals surface area contributed by atoms with Gasteiger partial charge in [0.15, 0.2) is 17.2 Å². The van der Waals surface area contributed by atoms with Crippen molar-refractivity contribution in [3.63, 3.8) is 0 Å². The first-order valence-electron chi connectivity index (χ1n) is 11.0. The van der Waals surface area contributed by atoms with Gasteiger partial charge in [-0.3, -0.25) is 14.4 Å². The number of fused-ring (bicyclic) bond motifs is 5. The Labute approximate surface area is 168 Å². The second-order valence-electron chi connectivity index (χ2n) is 10.4. The molecule has 0 bridgehead atoms. The van der Waals surface area contributed by atoms with Gasteiger partial charge in [0, 0.05) is 18.8 Å². The standard InChI is InChI=1S/C24H34O4/c1-14-12-18(27)13-17-6-7-19-20-9-11-24(15(2)25,28-16(3)26)22(20,4)10-8-21(19)23(14,17)5/h13-14,19-21H,6-12H2,1-5H3/t14?,19-,20-,21-,22-,23-,24-/m0/s1. The van der Waals surface area contributed by atoms with Crippen LogP contribution in [0.1, 0.15) is 79.6 Å². The smallest absolute Gasteiger partial charge is 0.303 e. The average Bonchev–Trinajstić information content (AvgIpc) is 2.89. The molecule has 0 spiro atoms. The van der Waals surface area contributed by atoms with Crippen molar-refractivity contribution in [3.05, 3.63) is 11.6 Å². The fraction of sp³-hybridized carbons (Fsp3) is 0.792. The van der Waals surface area contributed by atoms with Crippen molar-refractivity contribution >= 4 is 17.5 Å². The highest BCUT2D eigenvalue weighted by atomic mass is 16.6. The highest BCUT2D eigenvalue weighted by Crippen LogP contribution is 2.69. The van der Waals surface area contributed by atoms with Gasteiger partial charge in [-0.05, 0) is 80.6 Å². The van der Waals surface area contributed by atoms with Crippen LogP contribution in [0.3, 0.4) is 0 Å². The van der Waals surface area contributed by atoms with Crippen molar-refractivity contribution in [2.24, 2.45) is 34.5 Å². The minimum absolute atomic E-state index is 0.00499. The fourth-order valence-corrected chi connectivity index (χ4v) is 8.00. The summed E-state index contributed by atoms with van der Waals surface area (Å²) in [5.41, 5.74) is 0.203. The molecule has 3 fully saturated rings. The molecule has 3 saturated carbocycles. The maximum atomic E-state index is 12.8. The number of carbonyl (C=O) groups is 3. The van der Waals surface area contributed by atoms with E-state index in [1.807, 2.05) is 6.08 Å². The lowest BCUT2D eigenvalue weighted by Gasteiger charge is -2.60. The van der Waals surface area contributed by atoms with E-state index in [1.165, 1.54) is 12.5 Å². The molecule has 7 atom stereocenters. The molecule has 0 aromatic rings. The average molecular weight is 387 g/mol. The van der Waals surface area contributed by atoms with Crippen LogP contribution in [0.15, 0.2) is 11.6 Å². The van der Waals surface area contributed by atoms with Crippen molar-refractivity contribution in [2.45, 2.75) is 85.2 Å². The van der Waals surface area contributed by atoms with Crippen LogP contribution in [0.25, 0.3) is 0 Å². The van der Waals surface area contributed by atoms with Crippen LogP contribution in [0, 0.1) is 34.5 Å². The van der Waals surface area contributed by atoms with Gasteiger partial charge >= 0.3 is 5.97 Å². The van der Waals surface area contributed by atoms with Gasteiger partial charge in [-0.25, -0.2) is 0 Å². The maximum Gasteiger partial charge on any atom is 0.303 e. The van der Waals surface area contributed by atoms with E-state index in [0.717, 1.165) is 32.1 Å². The second-order valence-corrected chi connectivity index (χ2v) is 10.4. The highest BCUT2D eigenvalue weighted by Gasteiger charge is 2.68. The first kappa shape index (κ1) is 19.8. The Morgan fingerprint density at radius 1 is 1.07 bits per heavy atom. The van der Waals surface area contributed by atoms with Crippen LogP contribution in [0.2, 0.25) is 0 Å². The summed E-state index contributed by atoms with van der Waals surface area (Å²) in [4.78, 5) is 36.9. The minimum atomic E-state index is -0.959. The molecule has 0 aromatic carbocycles. The van der Waals surface area contributed by atoms with Crippen molar-refractivity contribution in [1.82, 2.24) is 0 Å². The van der Waals surface area contributed by atoms with Gasteiger partial charge in [-0.1, -0.05) is 26.3 Å². The van der Waals surface area contributed by atoms with E-state index in [0.29, 0.717) is 36.5 Å². The van der Waals surface area contributed by atoms with Crippen LogP contribution < -0.4 is 0 Å². The largest absolute Gasteiger partial charge is 0.451 e. The number of carbonyl (C=O) groups excluding carboxylic acids is 3. The van der Waals surface area contributed by atoms with Crippen LogP contribution in [0.5, 0.6) is 0 Å². The Kier molecular flexibility index (Phi) is 4.45. The molecule has 0 aliphatic heterocycles. The molecule has 0 aromatic heterocycles. The van der Waals surface area contributed by atoms with Crippen LogP contribution in [0.4, 0.5) is 0 Å². The monoisotopic (exact) mass is 386 g/mol. The first-order chi connectivity index (χ1) is 13.1. The van der Waals surface area contributed by atoms with E-state index in [-0.39, 0.29) is 28.4 Å². The van der Waals surface area contributed by atoms with E-state index >= 15 is 0 Å². The van der Waals surface area contributed by atoms with Gasteiger partial charge in [0.2, 0.25) is 0 Å². The molecule has 154 valence electrons. The van der Waals surface area contributed by atoms with Gasteiger partial charge < -0.3 is 4.74 Å². The van der Waals surface area contributed by atoms with Crippen molar-refractivity contribution in [1.29, 1.82) is 0 Å². The number of rotatable bonds is 2. The molecule has 4 rings (SSSR count). The molecule has 4 aliphatic carbocycles. The van der Waals surface area contributed by atoms with Gasteiger partial charge in [0.1, 0.15) is 0 Å². The van der Waals surface area contributed by atoms with E-state index < -0.39 is 5.60 Å². The normalized spacial score (nSPS) is 47.5. The quantitative estimate of drug-likeness (QED) is 0.648. The summed E-state index contributed by atoms with van der Waals surface area (Å²) in [7, 11) is 0. The van der Waals surface area contributed by atoms with Crippen molar-refractivity contribution in [3.8, 4) is 0 Å². The summed E-state index contributed by atoms with van der Waals surface area (Å²) >= 11 is 0. The lowest BCUT2D eigenvalue weighted by molar-refractivity contribution is -0.187. The lowest BCUT2D eigenvalue weighted by atomic mass is 9.44. The molecule has 28 heavy (non-hydrogen) atoms. The summed E-state index contributed by atoms with van der Waals surface area (Å²) in [6, 6.07) is 0. The fourth-order valence-electron chi connectivity index (χ4n) is 8.00. The number of hydrogen-bond acceptors (Lipinski definition) is 4. The lowest BCUT2D eigenvalue weighted by Crippen LogP contribution is -2.59. The van der Waals surface area contributed by atoms with Gasteiger partial charge in [0.25, 0.3) is 0 Å².